The van der Waals surface area contributed by atoms with Crippen molar-refractivity contribution in [3.05, 3.63) is 35.0 Å². The minimum Gasteiger partial charge on any atom is -0.496 e. The quantitative estimate of drug-likeness (QED) is 0.929. The summed E-state index contributed by atoms with van der Waals surface area (Å²) in [5.74, 6) is 2.15. The van der Waals surface area contributed by atoms with Crippen LogP contribution in [0.25, 0.3) is 11.4 Å². The SMILES string of the molecule is COc1cccc(Cl)c1-c1nc(N)cc(C2CCCC2)n1. The van der Waals surface area contributed by atoms with Crippen molar-refractivity contribution in [2.75, 3.05) is 12.8 Å². The van der Waals surface area contributed by atoms with Gasteiger partial charge >= 0.3 is 0 Å². The number of rotatable bonds is 3. The molecular weight excluding hydrogens is 286 g/mol. The first kappa shape index (κ1) is 14.1. The van der Waals surface area contributed by atoms with Gasteiger partial charge in [0.15, 0.2) is 5.82 Å². The fourth-order valence-corrected chi connectivity index (χ4v) is 3.17. The summed E-state index contributed by atoms with van der Waals surface area (Å²) < 4.78 is 5.38. The van der Waals surface area contributed by atoms with Gasteiger partial charge in [0.2, 0.25) is 0 Å². The molecule has 110 valence electrons. The zero-order valence-electron chi connectivity index (χ0n) is 12.0. The zero-order chi connectivity index (χ0) is 14.8. The van der Waals surface area contributed by atoms with Gasteiger partial charge in [0.1, 0.15) is 11.6 Å². The number of aromatic nitrogens is 2. The molecule has 2 N–H and O–H groups in total. The summed E-state index contributed by atoms with van der Waals surface area (Å²) in [4.78, 5) is 9.05. The number of hydrogen-bond acceptors (Lipinski definition) is 4. The molecule has 4 nitrogen and oxygen atoms in total. The molecule has 21 heavy (non-hydrogen) atoms. The van der Waals surface area contributed by atoms with Crippen LogP contribution in [0, 0.1) is 0 Å². The summed E-state index contributed by atoms with van der Waals surface area (Å²) in [6.45, 7) is 0. The van der Waals surface area contributed by atoms with Gasteiger partial charge in [-0.1, -0.05) is 30.5 Å². The molecule has 1 saturated carbocycles. The Balaban J connectivity index is 2.10. The van der Waals surface area contributed by atoms with E-state index in [1.165, 1.54) is 12.8 Å². The van der Waals surface area contributed by atoms with Gasteiger partial charge in [0, 0.05) is 17.7 Å². The average molecular weight is 304 g/mol. The fourth-order valence-electron chi connectivity index (χ4n) is 2.92. The van der Waals surface area contributed by atoms with Crippen LogP contribution >= 0.6 is 11.6 Å². The number of nitrogens with zero attached hydrogens (tertiary/aromatic N) is 2. The lowest BCUT2D eigenvalue weighted by Crippen LogP contribution is -2.04. The maximum absolute atomic E-state index is 6.31. The molecule has 0 aliphatic heterocycles. The monoisotopic (exact) mass is 303 g/mol. The number of nitrogen functional groups attached to an aromatic ring is 1. The van der Waals surface area contributed by atoms with Gasteiger partial charge in [-0.15, -0.1) is 0 Å². The lowest BCUT2D eigenvalue weighted by atomic mass is 10.0. The van der Waals surface area contributed by atoms with E-state index in [0.29, 0.717) is 33.9 Å². The highest BCUT2D eigenvalue weighted by Gasteiger charge is 2.21. The number of methoxy groups -OCH3 is 1. The smallest absolute Gasteiger partial charge is 0.167 e. The molecule has 1 aromatic carbocycles. The Kier molecular flexibility index (Phi) is 3.97. The molecule has 0 saturated heterocycles. The standard InChI is InChI=1S/C16H18ClN3O/c1-21-13-8-4-7-11(17)15(13)16-19-12(9-14(18)20-16)10-5-2-3-6-10/h4,7-10H,2-3,5-6H2,1H3,(H2,18,19,20). The van der Waals surface area contributed by atoms with Gasteiger partial charge in [-0.3, -0.25) is 0 Å². The molecule has 5 heteroatoms. The molecule has 0 spiro atoms. The molecule has 1 fully saturated rings. The second kappa shape index (κ2) is 5.90. The number of halogens is 1. The lowest BCUT2D eigenvalue weighted by Gasteiger charge is -2.13. The molecule has 1 aliphatic carbocycles. The molecule has 1 aliphatic rings. The lowest BCUT2D eigenvalue weighted by molar-refractivity contribution is 0.416. The second-order valence-electron chi connectivity index (χ2n) is 5.34. The topological polar surface area (TPSA) is 61.0 Å². The van der Waals surface area contributed by atoms with Crippen molar-refractivity contribution in [2.24, 2.45) is 0 Å². The predicted molar refractivity (Wildman–Crippen MR) is 84.7 cm³/mol. The van der Waals surface area contributed by atoms with Crippen molar-refractivity contribution < 1.29 is 4.74 Å². The van der Waals surface area contributed by atoms with E-state index in [1.807, 2.05) is 18.2 Å². The van der Waals surface area contributed by atoms with Gasteiger partial charge < -0.3 is 10.5 Å². The van der Waals surface area contributed by atoms with E-state index in [4.69, 9.17) is 27.1 Å². The number of hydrogen-bond donors (Lipinski definition) is 1. The highest BCUT2D eigenvalue weighted by Crippen LogP contribution is 2.38. The predicted octanol–water partition coefficient (Wildman–Crippen LogP) is 4.05. The van der Waals surface area contributed by atoms with Crippen LogP contribution in [0.5, 0.6) is 5.75 Å². The third-order valence-corrected chi connectivity index (χ3v) is 4.27. The van der Waals surface area contributed by atoms with Crippen molar-refractivity contribution in [3.63, 3.8) is 0 Å². The Labute approximate surface area is 129 Å². The highest BCUT2D eigenvalue weighted by molar-refractivity contribution is 6.33. The van der Waals surface area contributed by atoms with Crippen LogP contribution in [-0.4, -0.2) is 17.1 Å². The Bertz CT molecular complexity index is 654. The molecular formula is C16H18ClN3O. The summed E-state index contributed by atoms with van der Waals surface area (Å²) in [5, 5.41) is 0.567. The number of anilines is 1. The second-order valence-corrected chi connectivity index (χ2v) is 5.75. The number of benzene rings is 1. The maximum atomic E-state index is 6.31. The van der Waals surface area contributed by atoms with Gasteiger partial charge in [0.05, 0.1) is 17.7 Å². The Morgan fingerprint density at radius 2 is 2.00 bits per heavy atom. The van der Waals surface area contributed by atoms with Gasteiger partial charge in [0.25, 0.3) is 0 Å². The van der Waals surface area contributed by atoms with Crippen LogP contribution in [0.1, 0.15) is 37.3 Å². The first-order chi connectivity index (χ1) is 10.2. The van der Waals surface area contributed by atoms with Crippen LogP contribution in [0.15, 0.2) is 24.3 Å². The zero-order valence-corrected chi connectivity index (χ0v) is 12.7. The van der Waals surface area contributed by atoms with Crippen LogP contribution < -0.4 is 10.5 Å². The minimum absolute atomic E-state index is 0.475. The van der Waals surface area contributed by atoms with Crippen LogP contribution in [0.4, 0.5) is 5.82 Å². The number of nitrogens with two attached hydrogens (primary N) is 1. The maximum Gasteiger partial charge on any atom is 0.167 e. The summed E-state index contributed by atoms with van der Waals surface area (Å²) in [6.07, 6.45) is 4.82. The van der Waals surface area contributed by atoms with E-state index >= 15 is 0 Å². The van der Waals surface area contributed by atoms with E-state index in [2.05, 4.69) is 4.98 Å². The molecule has 2 aromatic rings. The van der Waals surface area contributed by atoms with Gasteiger partial charge in [-0.05, 0) is 25.0 Å². The fraction of sp³-hybridized carbons (Fsp3) is 0.375. The molecule has 3 rings (SSSR count). The van der Waals surface area contributed by atoms with Crippen molar-refractivity contribution >= 4 is 17.4 Å². The highest BCUT2D eigenvalue weighted by atomic mass is 35.5. The Morgan fingerprint density at radius 1 is 1.24 bits per heavy atom. The minimum atomic E-state index is 0.475. The van der Waals surface area contributed by atoms with E-state index < -0.39 is 0 Å². The molecule has 0 atom stereocenters. The summed E-state index contributed by atoms with van der Waals surface area (Å²) in [5.41, 5.74) is 7.68. The first-order valence-electron chi connectivity index (χ1n) is 7.16. The van der Waals surface area contributed by atoms with Gasteiger partial charge in [-0.25, -0.2) is 9.97 Å². The summed E-state index contributed by atoms with van der Waals surface area (Å²) >= 11 is 6.31. The number of ether oxygens (including phenoxy) is 1. The summed E-state index contributed by atoms with van der Waals surface area (Å²) in [6, 6.07) is 7.38. The van der Waals surface area contributed by atoms with Crippen molar-refractivity contribution in [1.29, 1.82) is 0 Å². The third kappa shape index (κ3) is 2.81. The van der Waals surface area contributed by atoms with Gasteiger partial charge in [-0.2, -0.15) is 0 Å². The third-order valence-electron chi connectivity index (χ3n) is 3.96. The van der Waals surface area contributed by atoms with E-state index in [1.54, 1.807) is 13.2 Å². The molecule has 0 radical (unpaired) electrons. The van der Waals surface area contributed by atoms with Crippen LogP contribution in [0.2, 0.25) is 5.02 Å². The molecule has 0 bridgehead atoms. The Morgan fingerprint density at radius 3 is 2.71 bits per heavy atom. The first-order valence-corrected chi connectivity index (χ1v) is 7.54. The normalized spacial score (nSPS) is 15.3. The van der Waals surface area contributed by atoms with Crippen LogP contribution in [-0.2, 0) is 0 Å². The van der Waals surface area contributed by atoms with Crippen molar-refractivity contribution in [1.82, 2.24) is 9.97 Å². The largest absolute Gasteiger partial charge is 0.496 e. The van der Waals surface area contributed by atoms with Crippen molar-refractivity contribution in [2.45, 2.75) is 31.6 Å². The van der Waals surface area contributed by atoms with E-state index in [9.17, 15) is 0 Å². The van der Waals surface area contributed by atoms with E-state index in [-0.39, 0.29) is 0 Å². The van der Waals surface area contributed by atoms with Crippen molar-refractivity contribution in [3.8, 4) is 17.1 Å². The molecule has 0 unspecified atom stereocenters. The Hall–Kier alpha value is -1.81. The molecule has 1 aromatic heterocycles. The van der Waals surface area contributed by atoms with E-state index in [0.717, 1.165) is 18.5 Å². The van der Waals surface area contributed by atoms with Crippen LogP contribution in [0.3, 0.4) is 0 Å². The summed E-state index contributed by atoms with van der Waals surface area (Å²) in [7, 11) is 1.61. The molecule has 1 heterocycles. The average Bonchev–Trinajstić information content (AvgIpc) is 3.00. The molecule has 0 amide bonds.